The van der Waals surface area contributed by atoms with Crippen molar-refractivity contribution in [2.45, 2.75) is 36.9 Å². The van der Waals surface area contributed by atoms with E-state index in [2.05, 4.69) is 4.72 Å². The molecular formula is C13H18ClNO4S. The van der Waals surface area contributed by atoms with E-state index in [1.54, 1.807) is 6.07 Å². The van der Waals surface area contributed by atoms with E-state index < -0.39 is 15.6 Å². The summed E-state index contributed by atoms with van der Waals surface area (Å²) in [6.07, 6.45) is 1.75. The van der Waals surface area contributed by atoms with E-state index in [0.29, 0.717) is 12.2 Å². The second-order valence-electron chi connectivity index (χ2n) is 5.15. The molecule has 2 N–H and O–H groups in total. The highest BCUT2D eigenvalue weighted by molar-refractivity contribution is 7.89. The minimum Gasteiger partial charge on any atom is -0.392 e. The van der Waals surface area contributed by atoms with Crippen molar-refractivity contribution in [3.8, 4) is 0 Å². The number of aliphatic hydroxyl groups is 1. The van der Waals surface area contributed by atoms with Crippen LogP contribution >= 0.6 is 11.6 Å². The number of aliphatic hydroxyl groups excluding tert-OH is 1. The SMILES string of the molecule is CC1(CNS(=O)(=O)c2cc(CO)ccc2Cl)CCCO1. The second-order valence-corrected chi connectivity index (χ2v) is 7.29. The van der Waals surface area contributed by atoms with E-state index in [0.717, 1.165) is 12.8 Å². The van der Waals surface area contributed by atoms with Gasteiger partial charge in [-0.25, -0.2) is 13.1 Å². The number of halogens is 1. The summed E-state index contributed by atoms with van der Waals surface area (Å²) in [5, 5.41) is 9.22. The first-order valence-corrected chi connectivity index (χ1v) is 8.25. The third kappa shape index (κ3) is 3.51. The number of sulfonamides is 1. The van der Waals surface area contributed by atoms with Gasteiger partial charge in [-0.2, -0.15) is 0 Å². The molecule has 0 bridgehead atoms. The highest BCUT2D eigenvalue weighted by Gasteiger charge is 2.31. The molecule has 0 radical (unpaired) electrons. The van der Waals surface area contributed by atoms with Crippen molar-refractivity contribution in [2.75, 3.05) is 13.2 Å². The lowest BCUT2D eigenvalue weighted by Gasteiger charge is -2.23. The van der Waals surface area contributed by atoms with E-state index >= 15 is 0 Å². The number of nitrogens with one attached hydrogen (secondary N) is 1. The molecule has 1 aromatic rings. The predicted octanol–water partition coefficient (Wildman–Crippen LogP) is 1.68. The Labute approximate surface area is 124 Å². The summed E-state index contributed by atoms with van der Waals surface area (Å²) in [4.78, 5) is -0.0210. The number of benzene rings is 1. The molecule has 0 aromatic heterocycles. The summed E-state index contributed by atoms with van der Waals surface area (Å²) in [7, 11) is -3.72. The van der Waals surface area contributed by atoms with Crippen molar-refractivity contribution in [1.82, 2.24) is 4.72 Å². The fraction of sp³-hybridized carbons (Fsp3) is 0.538. The lowest BCUT2D eigenvalue weighted by molar-refractivity contribution is 0.0250. The number of hydrogen-bond donors (Lipinski definition) is 2. The van der Waals surface area contributed by atoms with Gasteiger partial charge in [0.05, 0.1) is 17.2 Å². The summed E-state index contributed by atoms with van der Waals surface area (Å²) in [5.41, 5.74) is 0.0341. The Hall–Kier alpha value is -0.660. The van der Waals surface area contributed by atoms with Crippen LogP contribution in [0.5, 0.6) is 0 Å². The molecule has 2 rings (SSSR count). The standard InChI is InChI=1S/C13H18ClNO4S/c1-13(5-2-6-19-13)9-15-20(17,18)12-7-10(8-16)3-4-11(12)14/h3-4,7,15-16H,2,5-6,8-9H2,1H3. The van der Waals surface area contributed by atoms with Gasteiger partial charge in [0.2, 0.25) is 10.0 Å². The largest absolute Gasteiger partial charge is 0.392 e. The Morgan fingerprint density at radius 2 is 2.25 bits per heavy atom. The lowest BCUT2D eigenvalue weighted by Crippen LogP contribution is -2.40. The maximum absolute atomic E-state index is 12.3. The Morgan fingerprint density at radius 3 is 2.85 bits per heavy atom. The van der Waals surface area contributed by atoms with Gasteiger partial charge in [-0.15, -0.1) is 0 Å². The molecule has 0 spiro atoms. The van der Waals surface area contributed by atoms with Crippen molar-refractivity contribution in [2.24, 2.45) is 0 Å². The molecule has 0 amide bonds. The van der Waals surface area contributed by atoms with Gasteiger partial charge < -0.3 is 9.84 Å². The van der Waals surface area contributed by atoms with Crippen LogP contribution in [0.4, 0.5) is 0 Å². The van der Waals surface area contributed by atoms with Crippen LogP contribution in [0.25, 0.3) is 0 Å². The van der Waals surface area contributed by atoms with Gasteiger partial charge in [-0.3, -0.25) is 0 Å². The van der Waals surface area contributed by atoms with Gasteiger partial charge in [0, 0.05) is 13.2 Å². The maximum atomic E-state index is 12.3. The average molecular weight is 320 g/mol. The molecule has 1 aliphatic heterocycles. The molecule has 5 nitrogen and oxygen atoms in total. The molecule has 7 heteroatoms. The van der Waals surface area contributed by atoms with Crippen molar-refractivity contribution in [3.63, 3.8) is 0 Å². The number of ether oxygens (including phenoxy) is 1. The molecule has 1 aliphatic rings. The molecule has 1 aromatic carbocycles. The van der Waals surface area contributed by atoms with Crippen LogP contribution in [-0.2, 0) is 21.4 Å². The molecule has 0 saturated carbocycles. The first kappa shape index (κ1) is 15.7. The monoisotopic (exact) mass is 319 g/mol. The summed E-state index contributed by atoms with van der Waals surface area (Å²) >= 11 is 5.94. The number of rotatable bonds is 5. The topological polar surface area (TPSA) is 75.6 Å². The summed E-state index contributed by atoms with van der Waals surface area (Å²) in [6.45, 7) is 2.50. The Kier molecular flexibility index (Phi) is 4.71. The van der Waals surface area contributed by atoms with Crippen LogP contribution in [0.15, 0.2) is 23.1 Å². The van der Waals surface area contributed by atoms with Crippen LogP contribution in [0.3, 0.4) is 0 Å². The minimum absolute atomic E-state index is 0.0210. The number of hydrogen-bond acceptors (Lipinski definition) is 4. The predicted molar refractivity (Wildman–Crippen MR) is 76.2 cm³/mol. The highest BCUT2D eigenvalue weighted by Crippen LogP contribution is 2.26. The van der Waals surface area contributed by atoms with Gasteiger partial charge in [0.25, 0.3) is 0 Å². The molecule has 1 atom stereocenters. The Bertz CT molecular complexity index is 582. The first-order valence-electron chi connectivity index (χ1n) is 6.39. The summed E-state index contributed by atoms with van der Waals surface area (Å²) < 4.78 is 32.7. The van der Waals surface area contributed by atoms with E-state index in [1.807, 2.05) is 6.92 Å². The maximum Gasteiger partial charge on any atom is 0.242 e. The average Bonchev–Trinajstić information content (AvgIpc) is 2.85. The van der Waals surface area contributed by atoms with Crippen molar-refractivity contribution >= 4 is 21.6 Å². The molecule has 1 saturated heterocycles. The van der Waals surface area contributed by atoms with E-state index in [9.17, 15) is 8.42 Å². The summed E-state index contributed by atoms with van der Waals surface area (Å²) in [5.74, 6) is 0. The smallest absolute Gasteiger partial charge is 0.242 e. The van der Waals surface area contributed by atoms with Gasteiger partial charge in [0.1, 0.15) is 4.90 Å². The Balaban J connectivity index is 2.17. The molecule has 0 aliphatic carbocycles. The molecular weight excluding hydrogens is 302 g/mol. The fourth-order valence-electron chi connectivity index (χ4n) is 2.15. The minimum atomic E-state index is -3.72. The van der Waals surface area contributed by atoms with E-state index in [-0.39, 0.29) is 23.1 Å². The van der Waals surface area contributed by atoms with Gasteiger partial charge >= 0.3 is 0 Å². The molecule has 112 valence electrons. The zero-order chi connectivity index (χ0) is 14.8. The third-order valence-corrected chi connectivity index (χ3v) is 5.29. The van der Waals surface area contributed by atoms with Crippen LogP contribution in [0.2, 0.25) is 5.02 Å². The first-order chi connectivity index (χ1) is 9.36. The van der Waals surface area contributed by atoms with Gasteiger partial charge in [-0.1, -0.05) is 17.7 Å². The fourth-order valence-corrected chi connectivity index (χ4v) is 3.86. The van der Waals surface area contributed by atoms with Gasteiger partial charge in [-0.05, 0) is 37.5 Å². The van der Waals surface area contributed by atoms with Crippen molar-refractivity contribution in [3.05, 3.63) is 28.8 Å². The zero-order valence-electron chi connectivity index (χ0n) is 11.2. The molecule has 1 unspecified atom stereocenters. The van der Waals surface area contributed by atoms with Crippen LogP contribution in [0, 0.1) is 0 Å². The highest BCUT2D eigenvalue weighted by atomic mass is 35.5. The summed E-state index contributed by atoms with van der Waals surface area (Å²) in [6, 6.07) is 4.43. The van der Waals surface area contributed by atoms with Crippen LogP contribution in [-0.4, -0.2) is 32.3 Å². The van der Waals surface area contributed by atoms with Crippen molar-refractivity contribution < 1.29 is 18.3 Å². The van der Waals surface area contributed by atoms with Crippen LogP contribution < -0.4 is 4.72 Å². The van der Waals surface area contributed by atoms with Gasteiger partial charge in [0.15, 0.2) is 0 Å². The van der Waals surface area contributed by atoms with Crippen molar-refractivity contribution in [1.29, 1.82) is 0 Å². The molecule has 1 heterocycles. The Morgan fingerprint density at radius 1 is 1.50 bits per heavy atom. The molecule has 20 heavy (non-hydrogen) atoms. The normalized spacial score (nSPS) is 23.1. The quantitative estimate of drug-likeness (QED) is 0.866. The third-order valence-electron chi connectivity index (χ3n) is 3.40. The zero-order valence-corrected chi connectivity index (χ0v) is 12.8. The second kappa shape index (κ2) is 5.99. The van der Waals surface area contributed by atoms with E-state index in [4.69, 9.17) is 21.4 Å². The molecule has 1 fully saturated rings. The van der Waals surface area contributed by atoms with Crippen LogP contribution in [0.1, 0.15) is 25.3 Å². The van der Waals surface area contributed by atoms with E-state index in [1.165, 1.54) is 12.1 Å². The lowest BCUT2D eigenvalue weighted by atomic mass is 10.0.